The SMILES string of the molecule is COc1cc(Nc2cc(N)nc(C(C)F)n2)ncc1/C(C=N)=C/N. The third kappa shape index (κ3) is 3.75. The van der Waals surface area contributed by atoms with E-state index in [0.717, 1.165) is 6.21 Å². The van der Waals surface area contributed by atoms with Crippen molar-refractivity contribution in [1.82, 2.24) is 15.0 Å². The van der Waals surface area contributed by atoms with Gasteiger partial charge in [0.15, 0.2) is 12.0 Å². The summed E-state index contributed by atoms with van der Waals surface area (Å²) >= 11 is 0. The first-order valence-electron chi connectivity index (χ1n) is 7.00. The van der Waals surface area contributed by atoms with Gasteiger partial charge in [-0.2, -0.15) is 0 Å². The van der Waals surface area contributed by atoms with Gasteiger partial charge in [-0.15, -0.1) is 0 Å². The lowest BCUT2D eigenvalue weighted by Crippen LogP contribution is -2.05. The molecule has 24 heavy (non-hydrogen) atoms. The lowest BCUT2D eigenvalue weighted by molar-refractivity contribution is 0.357. The average molecular weight is 331 g/mol. The molecule has 2 rings (SSSR count). The van der Waals surface area contributed by atoms with Crippen LogP contribution in [0.2, 0.25) is 0 Å². The van der Waals surface area contributed by atoms with Crippen LogP contribution in [-0.4, -0.2) is 28.3 Å². The molecule has 0 spiro atoms. The maximum Gasteiger partial charge on any atom is 0.166 e. The maximum atomic E-state index is 13.4. The van der Waals surface area contributed by atoms with Crippen LogP contribution in [0.15, 0.2) is 24.5 Å². The van der Waals surface area contributed by atoms with E-state index in [0.29, 0.717) is 28.5 Å². The molecule has 126 valence electrons. The number of nitrogens with two attached hydrogens (primary N) is 2. The van der Waals surface area contributed by atoms with Gasteiger partial charge in [0.2, 0.25) is 0 Å². The lowest BCUT2D eigenvalue weighted by atomic mass is 10.1. The van der Waals surface area contributed by atoms with Gasteiger partial charge in [0, 0.05) is 41.9 Å². The van der Waals surface area contributed by atoms with Crippen molar-refractivity contribution in [3.63, 3.8) is 0 Å². The molecule has 0 aliphatic carbocycles. The van der Waals surface area contributed by atoms with Crippen LogP contribution in [0.3, 0.4) is 0 Å². The monoisotopic (exact) mass is 331 g/mol. The zero-order chi connectivity index (χ0) is 17.7. The van der Waals surface area contributed by atoms with Gasteiger partial charge in [-0.3, -0.25) is 0 Å². The molecule has 0 saturated carbocycles. The number of pyridine rings is 1. The van der Waals surface area contributed by atoms with Crippen LogP contribution in [0.4, 0.5) is 21.8 Å². The molecule has 1 unspecified atom stereocenters. The van der Waals surface area contributed by atoms with Crippen LogP contribution in [0.25, 0.3) is 5.57 Å². The Morgan fingerprint density at radius 3 is 2.71 bits per heavy atom. The van der Waals surface area contributed by atoms with Crippen molar-refractivity contribution in [1.29, 1.82) is 5.41 Å². The van der Waals surface area contributed by atoms with Gasteiger partial charge in [0.1, 0.15) is 23.2 Å². The van der Waals surface area contributed by atoms with Gasteiger partial charge in [-0.1, -0.05) is 0 Å². The predicted octanol–water partition coefficient (Wildman–Crippen LogP) is 2.19. The van der Waals surface area contributed by atoms with E-state index < -0.39 is 6.17 Å². The van der Waals surface area contributed by atoms with Crippen LogP contribution in [-0.2, 0) is 0 Å². The molecule has 2 aromatic heterocycles. The largest absolute Gasteiger partial charge is 0.496 e. The molecule has 0 fully saturated rings. The Morgan fingerprint density at radius 1 is 1.38 bits per heavy atom. The van der Waals surface area contributed by atoms with Crippen molar-refractivity contribution in [3.8, 4) is 5.75 Å². The molecule has 0 aliphatic heterocycles. The first-order chi connectivity index (χ1) is 11.5. The second-order valence-corrected chi connectivity index (χ2v) is 4.81. The number of nitrogens with zero attached hydrogens (tertiary/aromatic N) is 3. The average Bonchev–Trinajstić information content (AvgIpc) is 2.56. The van der Waals surface area contributed by atoms with Gasteiger partial charge in [-0.05, 0) is 6.92 Å². The van der Waals surface area contributed by atoms with E-state index in [4.69, 9.17) is 21.6 Å². The van der Waals surface area contributed by atoms with Crippen molar-refractivity contribution in [2.75, 3.05) is 18.2 Å². The normalized spacial score (nSPS) is 12.5. The number of alkyl halides is 1. The molecule has 0 saturated heterocycles. The van der Waals surface area contributed by atoms with E-state index in [1.165, 1.54) is 32.5 Å². The molecular weight excluding hydrogens is 313 g/mol. The number of nitrogens with one attached hydrogen (secondary N) is 2. The third-order valence-electron chi connectivity index (χ3n) is 3.11. The van der Waals surface area contributed by atoms with E-state index in [2.05, 4.69) is 20.3 Å². The summed E-state index contributed by atoms with van der Waals surface area (Å²) in [5.74, 6) is 1.32. The fourth-order valence-corrected chi connectivity index (χ4v) is 1.97. The minimum Gasteiger partial charge on any atom is -0.496 e. The van der Waals surface area contributed by atoms with Crippen molar-refractivity contribution >= 4 is 29.2 Å². The van der Waals surface area contributed by atoms with Crippen LogP contribution in [0, 0.1) is 5.41 Å². The maximum absolute atomic E-state index is 13.4. The summed E-state index contributed by atoms with van der Waals surface area (Å²) in [6, 6.07) is 3.08. The molecule has 6 N–H and O–H groups in total. The quantitative estimate of drug-likeness (QED) is 0.596. The Bertz CT molecular complexity index is 776. The smallest absolute Gasteiger partial charge is 0.166 e. The van der Waals surface area contributed by atoms with Gasteiger partial charge in [0.05, 0.1) is 7.11 Å². The highest BCUT2D eigenvalue weighted by Crippen LogP contribution is 2.27. The Kier molecular flexibility index (Phi) is 5.25. The second kappa shape index (κ2) is 7.36. The number of nitrogen functional groups attached to an aromatic ring is 1. The standard InChI is InChI=1S/C15H18FN7O/c1-8(16)15-21-12(19)4-14(23-15)22-13-3-11(24-2)10(7-20-13)9(5-17)6-18/h3-8,17H,18H2,1-2H3,(H3,19,20,21,22,23)/b9-6+,17-5?. The summed E-state index contributed by atoms with van der Waals surface area (Å²) in [7, 11) is 1.49. The number of allylic oxidation sites excluding steroid dienone is 1. The molecule has 8 nitrogen and oxygen atoms in total. The minimum atomic E-state index is -1.34. The van der Waals surface area contributed by atoms with E-state index >= 15 is 0 Å². The molecule has 0 bridgehead atoms. The molecular formula is C15H18FN7O. The highest BCUT2D eigenvalue weighted by molar-refractivity contribution is 6.09. The summed E-state index contributed by atoms with van der Waals surface area (Å²) in [6.45, 7) is 1.33. The van der Waals surface area contributed by atoms with E-state index in [9.17, 15) is 4.39 Å². The topological polar surface area (TPSA) is 136 Å². The number of hydrogen-bond donors (Lipinski definition) is 4. The Hall–Kier alpha value is -3.23. The van der Waals surface area contributed by atoms with E-state index in [1.807, 2.05) is 0 Å². The minimum absolute atomic E-state index is 0.0155. The van der Waals surface area contributed by atoms with Crippen molar-refractivity contribution < 1.29 is 9.13 Å². The number of anilines is 3. The number of rotatable bonds is 6. The van der Waals surface area contributed by atoms with Crippen LogP contribution in [0.5, 0.6) is 5.75 Å². The fourth-order valence-electron chi connectivity index (χ4n) is 1.97. The first kappa shape index (κ1) is 17.1. The van der Waals surface area contributed by atoms with Crippen molar-refractivity contribution in [2.24, 2.45) is 5.73 Å². The highest BCUT2D eigenvalue weighted by Gasteiger charge is 2.12. The van der Waals surface area contributed by atoms with Crippen LogP contribution >= 0.6 is 0 Å². The van der Waals surface area contributed by atoms with Crippen molar-refractivity contribution in [2.45, 2.75) is 13.1 Å². The number of ether oxygens (including phenoxy) is 1. The molecule has 0 aliphatic rings. The summed E-state index contributed by atoms with van der Waals surface area (Å²) < 4.78 is 18.7. The van der Waals surface area contributed by atoms with Crippen molar-refractivity contribution in [3.05, 3.63) is 35.9 Å². The lowest BCUT2D eigenvalue weighted by Gasteiger charge is -2.12. The number of hydrogen-bond acceptors (Lipinski definition) is 8. The third-order valence-corrected chi connectivity index (χ3v) is 3.11. The molecule has 9 heteroatoms. The zero-order valence-electron chi connectivity index (χ0n) is 13.2. The first-order valence-corrected chi connectivity index (χ1v) is 7.00. The summed E-state index contributed by atoms with van der Waals surface area (Å²) in [6.07, 6.45) is 2.56. The highest BCUT2D eigenvalue weighted by atomic mass is 19.1. The molecule has 0 radical (unpaired) electrons. The van der Waals surface area contributed by atoms with E-state index in [1.54, 1.807) is 6.07 Å². The molecule has 0 aromatic carbocycles. The summed E-state index contributed by atoms with van der Waals surface area (Å²) in [5, 5.41) is 10.3. The van der Waals surface area contributed by atoms with Gasteiger partial charge < -0.3 is 26.9 Å². The van der Waals surface area contributed by atoms with Gasteiger partial charge >= 0.3 is 0 Å². The Morgan fingerprint density at radius 2 is 2.12 bits per heavy atom. The zero-order valence-corrected chi connectivity index (χ0v) is 13.2. The summed E-state index contributed by atoms with van der Waals surface area (Å²) in [5.41, 5.74) is 12.2. The Labute approximate surface area is 138 Å². The predicted molar refractivity (Wildman–Crippen MR) is 91.0 cm³/mol. The number of aromatic nitrogens is 3. The second-order valence-electron chi connectivity index (χ2n) is 4.81. The molecule has 2 aromatic rings. The summed E-state index contributed by atoms with van der Waals surface area (Å²) in [4.78, 5) is 12.1. The Balaban J connectivity index is 2.36. The number of halogens is 1. The van der Waals surface area contributed by atoms with Gasteiger partial charge in [-0.25, -0.2) is 19.3 Å². The number of methoxy groups -OCH3 is 1. The van der Waals surface area contributed by atoms with E-state index in [-0.39, 0.29) is 11.6 Å². The molecule has 2 heterocycles. The fraction of sp³-hybridized carbons (Fsp3) is 0.200. The van der Waals surface area contributed by atoms with Crippen LogP contribution in [0.1, 0.15) is 24.5 Å². The van der Waals surface area contributed by atoms with Crippen LogP contribution < -0.4 is 21.5 Å². The molecule has 0 amide bonds. The van der Waals surface area contributed by atoms with Gasteiger partial charge in [0.25, 0.3) is 0 Å². The molecule has 1 atom stereocenters.